The molecule has 0 saturated heterocycles. The summed E-state index contributed by atoms with van der Waals surface area (Å²) in [5.74, 6) is -0.167. The van der Waals surface area contributed by atoms with Crippen molar-refractivity contribution in [3.05, 3.63) is 52.8 Å². The molecule has 0 aliphatic rings. The molecule has 1 heterocycles. The molecule has 4 nitrogen and oxygen atoms in total. The fourth-order valence-corrected chi connectivity index (χ4v) is 1.93. The molecule has 2 N–H and O–H groups in total. The largest absolute Gasteiger partial charge is 0.384 e. The number of nitrogens with one attached hydrogen (secondary N) is 2. The number of halogens is 1. The fourth-order valence-electron chi connectivity index (χ4n) is 1.67. The van der Waals surface area contributed by atoms with Crippen LogP contribution in [0.25, 0.3) is 0 Å². The van der Waals surface area contributed by atoms with Gasteiger partial charge in [0.1, 0.15) is 0 Å². The van der Waals surface area contributed by atoms with Crippen molar-refractivity contribution in [1.82, 2.24) is 4.98 Å². The highest BCUT2D eigenvalue weighted by molar-refractivity contribution is 9.10. The lowest BCUT2D eigenvalue weighted by Crippen LogP contribution is -2.12. The Hall–Kier alpha value is -1.88. The maximum atomic E-state index is 12.1. The summed E-state index contributed by atoms with van der Waals surface area (Å²) in [6.07, 6.45) is 4.30. The molecule has 5 heteroatoms. The van der Waals surface area contributed by atoms with Crippen LogP contribution in [0, 0.1) is 0 Å². The van der Waals surface area contributed by atoms with Crippen molar-refractivity contribution >= 4 is 33.2 Å². The Kier molecular flexibility index (Phi) is 5.12. The van der Waals surface area contributed by atoms with Gasteiger partial charge >= 0.3 is 0 Å². The summed E-state index contributed by atoms with van der Waals surface area (Å²) in [6.45, 7) is 2.95. The number of hydrogen-bond acceptors (Lipinski definition) is 3. The molecule has 1 aromatic carbocycles. The van der Waals surface area contributed by atoms with E-state index >= 15 is 0 Å². The second kappa shape index (κ2) is 7.05. The summed E-state index contributed by atoms with van der Waals surface area (Å²) in [4.78, 5) is 16.2. The Morgan fingerprint density at radius 3 is 2.65 bits per heavy atom. The molecular formula is C15H16BrN3O. The zero-order chi connectivity index (χ0) is 14.4. The summed E-state index contributed by atoms with van der Waals surface area (Å²) in [7, 11) is 0. The highest BCUT2D eigenvalue weighted by atomic mass is 79.9. The normalized spacial score (nSPS) is 10.1. The van der Waals surface area contributed by atoms with Crippen LogP contribution in [0.4, 0.5) is 11.4 Å². The molecule has 0 saturated carbocycles. The van der Waals surface area contributed by atoms with Crippen LogP contribution >= 0.6 is 15.9 Å². The minimum absolute atomic E-state index is 0.167. The van der Waals surface area contributed by atoms with E-state index in [2.05, 4.69) is 38.5 Å². The number of aromatic nitrogens is 1. The van der Waals surface area contributed by atoms with Gasteiger partial charge in [0.25, 0.3) is 5.91 Å². The average Bonchev–Trinajstić information content (AvgIpc) is 2.48. The van der Waals surface area contributed by atoms with Crippen LogP contribution in [-0.4, -0.2) is 17.4 Å². The molecule has 104 valence electrons. The van der Waals surface area contributed by atoms with Crippen molar-refractivity contribution in [3.8, 4) is 0 Å². The van der Waals surface area contributed by atoms with E-state index in [0.717, 1.165) is 28.8 Å². The van der Waals surface area contributed by atoms with Crippen molar-refractivity contribution in [2.24, 2.45) is 0 Å². The van der Waals surface area contributed by atoms with Crippen LogP contribution in [0.3, 0.4) is 0 Å². The van der Waals surface area contributed by atoms with Gasteiger partial charge in [0.2, 0.25) is 0 Å². The molecule has 0 spiro atoms. The summed E-state index contributed by atoms with van der Waals surface area (Å²) in [5.41, 5.74) is 2.15. The zero-order valence-corrected chi connectivity index (χ0v) is 12.8. The lowest BCUT2D eigenvalue weighted by atomic mass is 10.2. The Morgan fingerprint density at radius 2 is 1.95 bits per heavy atom. The molecule has 1 amide bonds. The fraction of sp³-hybridized carbons (Fsp3) is 0.200. The van der Waals surface area contributed by atoms with Crippen LogP contribution < -0.4 is 10.6 Å². The van der Waals surface area contributed by atoms with Crippen LogP contribution in [0.5, 0.6) is 0 Å². The highest BCUT2D eigenvalue weighted by Crippen LogP contribution is 2.16. The quantitative estimate of drug-likeness (QED) is 0.871. The number of pyridine rings is 1. The number of anilines is 2. The molecule has 0 aliphatic carbocycles. The van der Waals surface area contributed by atoms with E-state index in [9.17, 15) is 4.79 Å². The van der Waals surface area contributed by atoms with Gasteiger partial charge in [0, 0.05) is 29.1 Å². The number of benzene rings is 1. The van der Waals surface area contributed by atoms with Gasteiger partial charge in [-0.25, -0.2) is 0 Å². The van der Waals surface area contributed by atoms with E-state index in [1.807, 2.05) is 24.3 Å². The number of carbonyl (C=O) groups excluding carboxylic acids is 1. The van der Waals surface area contributed by atoms with Crippen LogP contribution in [-0.2, 0) is 0 Å². The molecule has 2 rings (SSSR count). The van der Waals surface area contributed by atoms with Crippen molar-refractivity contribution in [2.45, 2.75) is 13.3 Å². The first-order chi connectivity index (χ1) is 9.69. The Bertz CT molecular complexity index is 584. The topological polar surface area (TPSA) is 54.0 Å². The second-order valence-corrected chi connectivity index (χ2v) is 5.27. The number of rotatable bonds is 5. The molecule has 0 fully saturated rings. The molecule has 0 bridgehead atoms. The number of amides is 1. The molecule has 0 aliphatic heterocycles. The standard InChI is InChI=1S/C15H16BrN3O/c1-2-7-18-14-8-11(9-17-10-14)15(20)19-13-5-3-12(16)4-6-13/h3-6,8-10,18H,2,7H2,1H3,(H,19,20). The predicted molar refractivity (Wildman–Crippen MR) is 85.1 cm³/mol. The lowest BCUT2D eigenvalue weighted by molar-refractivity contribution is 0.102. The van der Waals surface area contributed by atoms with Crippen molar-refractivity contribution in [2.75, 3.05) is 17.2 Å². The smallest absolute Gasteiger partial charge is 0.257 e. The maximum absolute atomic E-state index is 12.1. The van der Waals surface area contributed by atoms with Gasteiger partial charge in [0.05, 0.1) is 11.3 Å². The summed E-state index contributed by atoms with van der Waals surface area (Å²) < 4.78 is 0.975. The summed E-state index contributed by atoms with van der Waals surface area (Å²) in [5, 5.41) is 6.05. The molecule has 0 radical (unpaired) electrons. The van der Waals surface area contributed by atoms with Gasteiger partial charge in [-0.1, -0.05) is 22.9 Å². The van der Waals surface area contributed by atoms with E-state index in [1.54, 1.807) is 18.5 Å². The minimum atomic E-state index is -0.167. The Labute approximate surface area is 126 Å². The van der Waals surface area contributed by atoms with Crippen LogP contribution in [0.2, 0.25) is 0 Å². The zero-order valence-electron chi connectivity index (χ0n) is 11.2. The van der Waals surface area contributed by atoms with Crippen LogP contribution in [0.15, 0.2) is 47.2 Å². The van der Waals surface area contributed by atoms with Crippen molar-refractivity contribution < 1.29 is 4.79 Å². The Balaban J connectivity index is 2.06. The molecule has 20 heavy (non-hydrogen) atoms. The maximum Gasteiger partial charge on any atom is 0.257 e. The van der Waals surface area contributed by atoms with Crippen molar-refractivity contribution in [1.29, 1.82) is 0 Å². The van der Waals surface area contributed by atoms with Crippen molar-refractivity contribution in [3.63, 3.8) is 0 Å². The molecular weight excluding hydrogens is 318 g/mol. The van der Waals surface area contributed by atoms with E-state index in [0.29, 0.717) is 5.56 Å². The Morgan fingerprint density at radius 1 is 1.20 bits per heavy atom. The lowest BCUT2D eigenvalue weighted by Gasteiger charge is -2.08. The van der Waals surface area contributed by atoms with Gasteiger partial charge in [-0.3, -0.25) is 9.78 Å². The van der Waals surface area contributed by atoms with E-state index < -0.39 is 0 Å². The SMILES string of the molecule is CCCNc1cncc(C(=O)Nc2ccc(Br)cc2)c1. The molecule has 2 aromatic rings. The third-order valence-corrected chi connectivity index (χ3v) is 3.21. The third kappa shape index (κ3) is 4.06. The minimum Gasteiger partial charge on any atom is -0.384 e. The molecule has 1 aromatic heterocycles. The first-order valence-corrected chi connectivity index (χ1v) is 7.24. The van der Waals surface area contributed by atoms with Gasteiger partial charge < -0.3 is 10.6 Å². The number of carbonyl (C=O) groups is 1. The monoisotopic (exact) mass is 333 g/mol. The van der Waals surface area contributed by atoms with Gasteiger partial charge in [-0.2, -0.15) is 0 Å². The second-order valence-electron chi connectivity index (χ2n) is 4.35. The average molecular weight is 334 g/mol. The highest BCUT2D eigenvalue weighted by Gasteiger charge is 2.07. The number of nitrogens with zero attached hydrogens (tertiary/aromatic N) is 1. The summed E-state index contributed by atoms with van der Waals surface area (Å²) >= 11 is 3.36. The van der Waals surface area contributed by atoms with Gasteiger partial charge in [-0.15, -0.1) is 0 Å². The van der Waals surface area contributed by atoms with E-state index in [1.165, 1.54) is 0 Å². The summed E-state index contributed by atoms with van der Waals surface area (Å²) in [6, 6.07) is 9.25. The first-order valence-electron chi connectivity index (χ1n) is 6.45. The molecule has 0 atom stereocenters. The van der Waals surface area contributed by atoms with E-state index in [4.69, 9.17) is 0 Å². The number of hydrogen-bond donors (Lipinski definition) is 2. The third-order valence-electron chi connectivity index (χ3n) is 2.68. The van der Waals surface area contributed by atoms with Gasteiger partial charge in [-0.05, 0) is 36.8 Å². The predicted octanol–water partition coefficient (Wildman–Crippen LogP) is 3.92. The van der Waals surface area contributed by atoms with E-state index in [-0.39, 0.29) is 5.91 Å². The van der Waals surface area contributed by atoms with Gasteiger partial charge in [0.15, 0.2) is 0 Å². The first kappa shape index (κ1) is 14.5. The molecule has 0 unspecified atom stereocenters. The van der Waals surface area contributed by atoms with Crippen LogP contribution in [0.1, 0.15) is 23.7 Å².